The molecule has 2 aromatic rings. The Morgan fingerprint density at radius 1 is 1.09 bits per heavy atom. The van der Waals surface area contributed by atoms with Gasteiger partial charge in [0.05, 0.1) is 7.05 Å². The van der Waals surface area contributed by atoms with Crippen LogP contribution in [0.2, 0.25) is 0 Å². The lowest BCUT2D eigenvalue weighted by Crippen LogP contribution is -3.12. The highest BCUT2D eigenvalue weighted by atomic mass is 16.2. The number of likely N-dealkylation sites (N-methyl/N-ethyl adjacent to an activating group) is 1. The van der Waals surface area contributed by atoms with E-state index >= 15 is 0 Å². The Morgan fingerprint density at radius 3 is 2.43 bits per heavy atom. The molecule has 0 heterocycles. The molecular weight excluding hydrogens is 288 g/mol. The first-order valence-electron chi connectivity index (χ1n) is 7.75. The van der Waals surface area contributed by atoms with E-state index in [1.807, 2.05) is 32.2 Å². The van der Waals surface area contributed by atoms with Gasteiger partial charge in [-0.3, -0.25) is 9.59 Å². The summed E-state index contributed by atoms with van der Waals surface area (Å²) in [6.45, 7) is 4.20. The zero-order chi connectivity index (χ0) is 16.8. The van der Waals surface area contributed by atoms with E-state index in [-0.39, 0.29) is 17.7 Å². The topological polar surface area (TPSA) is 50.6 Å². The average Bonchev–Trinajstić information content (AvgIpc) is 2.55. The summed E-state index contributed by atoms with van der Waals surface area (Å²) in [7, 11) is 2.00. The molecule has 0 aliphatic heterocycles. The van der Waals surface area contributed by atoms with Gasteiger partial charge in [-0.2, -0.15) is 0 Å². The molecule has 2 rings (SSSR count). The van der Waals surface area contributed by atoms with Crippen LogP contribution >= 0.6 is 0 Å². The summed E-state index contributed by atoms with van der Waals surface area (Å²) < 4.78 is 0. The van der Waals surface area contributed by atoms with E-state index < -0.39 is 0 Å². The van der Waals surface area contributed by atoms with Crippen molar-refractivity contribution in [1.29, 1.82) is 0 Å². The van der Waals surface area contributed by atoms with E-state index in [9.17, 15) is 9.59 Å². The molecule has 2 atom stereocenters. The first-order valence-corrected chi connectivity index (χ1v) is 7.75. The number of anilines is 1. The van der Waals surface area contributed by atoms with Gasteiger partial charge in [0.1, 0.15) is 6.54 Å². The van der Waals surface area contributed by atoms with Gasteiger partial charge in [0.15, 0.2) is 11.8 Å². The fourth-order valence-electron chi connectivity index (χ4n) is 2.36. The van der Waals surface area contributed by atoms with E-state index in [1.54, 1.807) is 24.3 Å². The number of nitrogens with one attached hydrogen (secondary N) is 2. The Morgan fingerprint density at radius 2 is 1.78 bits per heavy atom. The smallest absolute Gasteiger partial charge is 0.282 e. The minimum atomic E-state index is -0.198. The lowest BCUT2D eigenvalue weighted by Gasteiger charge is -2.21. The number of carbonyl (C=O) groups is 2. The number of ketones is 1. The van der Waals surface area contributed by atoms with Crippen LogP contribution in [0.3, 0.4) is 0 Å². The van der Waals surface area contributed by atoms with Gasteiger partial charge >= 0.3 is 0 Å². The van der Waals surface area contributed by atoms with Crippen molar-refractivity contribution in [2.45, 2.75) is 26.4 Å². The summed E-state index contributed by atoms with van der Waals surface area (Å²) in [5.74, 6) is -0.0694. The molecule has 2 aromatic carbocycles. The summed E-state index contributed by atoms with van der Waals surface area (Å²) in [5.41, 5.74) is 2.45. The van der Waals surface area contributed by atoms with Gasteiger partial charge < -0.3 is 10.2 Å². The van der Waals surface area contributed by atoms with Crippen molar-refractivity contribution in [3.8, 4) is 0 Å². The first kappa shape index (κ1) is 16.9. The third-order valence-electron chi connectivity index (χ3n) is 3.99. The third-order valence-corrected chi connectivity index (χ3v) is 3.99. The molecular formula is C19H23N2O2+. The van der Waals surface area contributed by atoms with E-state index in [0.29, 0.717) is 11.3 Å². The zero-order valence-electron chi connectivity index (χ0n) is 13.8. The number of rotatable bonds is 6. The van der Waals surface area contributed by atoms with E-state index in [1.165, 1.54) is 12.5 Å². The average molecular weight is 311 g/mol. The van der Waals surface area contributed by atoms with Crippen LogP contribution in [-0.2, 0) is 11.3 Å². The van der Waals surface area contributed by atoms with Crippen molar-refractivity contribution >= 4 is 17.4 Å². The highest BCUT2D eigenvalue weighted by molar-refractivity contribution is 5.97. The predicted molar refractivity (Wildman–Crippen MR) is 91.6 cm³/mol. The fourth-order valence-corrected chi connectivity index (χ4v) is 2.36. The fraction of sp³-hybridized carbons (Fsp3) is 0.263. The minimum absolute atomic E-state index is 0.0130. The van der Waals surface area contributed by atoms with Gasteiger partial charge in [-0.05, 0) is 26.0 Å². The maximum Gasteiger partial charge on any atom is 0.282 e. The van der Waals surface area contributed by atoms with Gasteiger partial charge in [-0.25, -0.2) is 0 Å². The standard InChI is InChI=1S/C19H22N2O2/c1-14(21(3)13-16-8-5-4-6-9-16)19(23)20-18-11-7-10-17(12-18)15(2)22/h4-12,14H,13H2,1-3H3,(H,20,23)/p+1/t14-/m1/s1. The second-order valence-electron chi connectivity index (χ2n) is 5.86. The van der Waals surface area contributed by atoms with E-state index in [2.05, 4.69) is 17.4 Å². The van der Waals surface area contributed by atoms with Crippen LogP contribution in [0.1, 0.15) is 29.8 Å². The molecule has 1 amide bonds. The van der Waals surface area contributed by atoms with Crippen LogP contribution in [0.5, 0.6) is 0 Å². The molecule has 0 saturated heterocycles. The first-order chi connectivity index (χ1) is 11.0. The van der Waals surface area contributed by atoms with Crippen molar-refractivity contribution in [2.75, 3.05) is 12.4 Å². The summed E-state index contributed by atoms with van der Waals surface area (Å²) in [5, 5.41) is 2.89. The van der Waals surface area contributed by atoms with Crippen LogP contribution in [0, 0.1) is 0 Å². The molecule has 0 bridgehead atoms. The maximum absolute atomic E-state index is 12.4. The minimum Gasteiger partial charge on any atom is -0.324 e. The number of Topliss-reactive ketones (excluding diaryl/α,β-unsaturated/α-hetero) is 1. The molecule has 4 heteroatoms. The number of quaternary nitrogens is 1. The van der Waals surface area contributed by atoms with Gasteiger partial charge in [0, 0.05) is 16.8 Å². The van der Waals surface area contributed by atoms with Gasteiger partial charge in [0.25, 0.3) is 5.91 Å². The van der Waals surface area contributed by atoms with Crippen molar-refractivity contribution in [3.63, 3.8) is 0 Å². The molecule has 23 heavy (non-hydrogen) atoms. The summed E-state index contributed by atoms with van der Waals surface area (Å²) >= 11 is 0. The van der Waals surface area contributed by atoms with E-state index in [0.717, 1.165) is 11.4 Å². The quantitative estimate of drug-likeness (QED) is 0.801. The van der Waals surface area contributed by atoms with Crippen LogP contribution in [0.25, 0.3) is 0 Å². The normalized spacial score (nSPS) is 13.2. The van der Waals surface area contributed by atoms with Crippen molar-refractivity contribution in [2.24, 2.45) is 0 Å². The molecule has 0 saturated carbocycles. The summed E-state index contributed by atoms with van der Waals surface area (Å²) in [4.78, 5) is 24.9. The molecule has 0 spiro atoms. The van der Waals surface area contributed by atoms with Gasteiger partial charge in [0.2, 0.25) is 0 Å². The van der Waals surface area contributed by atoms with Crippen LogP contribution in [0.15, 0.2) is 54.6 Å². The molecule has 120 valence electrons. The summed E-state index contributed by atoms with van der Waals surface area (Å²) in [6, 6.07) is 16.9. The Hall–Kier alpha value is -2.46. The Labute approximate surface area is 137 Å². The predicted octanol–water partition coefficient (Wildman–Crippen LogP) is 1.93. The molecule has 0 radical (unpaired) electrons. The maximum atomic E-state index is 12.4. The lowest BCUT2D eigenvalue weighted by molar-refractivity contribution is -0.907. The number of hydrogen-bond donors (Lipinski definition) is 2. The number of carbonyl (C=O) groups excluding carboxylic acids is 2. The van der Waals surface area contributed by atoms with Crippen LogP contribution in [0.4, 0.5) is 5.69 Å². The highest BCUT2D eigenvalue weighted by Crippen LogP contribution is 2.11. The zero-order valence-corrected chi connectivity index (χ0v) is 13.8. The van der Waals surface area contributed by atoms with E-state index in [4.69, 9.17) is 0 Å². The monoisotopic (exact) mass is 311 g/mol. The second kappa shape index (κ2) is 7.70. The molecule has 0 aliphatic carbocycles. The molecule has 0 fully saturated rings. The summed E-state index contributed by atoms with van der Waals surface area (Å²) in [6.07, 6.45) is 0. The van der Waals surface area contributed by atoms with Gasteiger partial charge in [-0.1, -0.05) is 42.5 Å². The molecule has 1 unspecified atom stereocenters. The van der Waals surface area contributed by atoms with Crippen LogP contribution < -0.4 is 10.2 Å². The number of benzene rings is 2. The second-order valence-corrected chi connectivity index (χ2v) is 5.86. The number of hydrogen-bond acceptors (Lipinski definition) is 2. The molecule has 4 nitrogen and oxygen atoms in total. The highest BCUT2D eigenvalue weighted by Gasteiger charge is 2.22. The van der Waals surface area contributed by atoms with Gasteiger partial charge in [-0.15, -0.1) is 0 Å². The van der Waals surface area contributed by atoms with Crippen LogP contribution in [-0.4, -0.2) is 24.8 Å². The number of amides is 1. The Balaban J connectivity index is 1.99. The third kappa shape index (κ3) is 4.76. The van der Waals surface area contributed by atoms with Crippen molar-refractivity contribution < 1.29 is 14.5 Å². The molecule has 2 N–H and O–H groups in total. The molecule has 0 aliphatic rings. The van der Waals surface area contributed by atoms with Crippen molar-refractivity contribution in [3.05, 3.63) is 65.7 Å². The Kier molecular flexibility index (Phi) is 5.66. The SMILES string of the molecule is CC(=O)c1cccc(NC(=O)[C@@H](C)[NH+](C)Cc2ccccc2)c1. The van der Waals surface area contributed by atoms with Crippen molar-refractivity contribution in [1.82, 2.24) is 0 Å². The largest absolute Gasteiger partial charge is 0.324 e. The Bertz CT molecular complexity index is 683. The molecule has 0 aromatic heterocycles. The lowest BCUT2D eigenvalue weighted by atomic mass is 10.1.